The van der Waals surface area contributed by atoms with E-state index in [1.807, 2.05) is 11.5 Å². The Balaban J connectivity index is 2.39. The lowest BCUT2D eigenvalue weighted by molar-refractivity contribution is 0.590. The van der Waals surface area contributed by atoms with Crippen molar-refractivity contribution >= 4 is 21.4 Å². The van der Waals surface area contributed by atoms with Gasteiger partial charge >= 0.3 is 0 Å². The number of sulfonamides is 1. The van der Waals surface area contributed by atoms with Gasteiger partial charge in [0, 0.05) is 25.5 Å². The zero-order chi connectivity index (χ0) is 15.6. The number of benzene rings is 1. The minimum atomic E-state index is -3.68. The van der Waals surface area contributed by atoms with Crippen LogP contribution in [-0.4, -0.2) is 25.0 Å². The van der Waals surface area contributed by atoms with E-state index in [0.717, 1.165) is 13.0 Å². The van der Waals surface area contributed by atoms with E-state index in [1.54, 1.807) is 37.4 Å². The normalized spacial score (nSPS) is 11.6. The molecule has 0 aliphatic rings. The van der Waals surface area contributed by atoms with Gasteiger partial charge in [-0.25, -0.2) is 4.98 Å². The van der Waals surface area contributed by atoms with E-state index >= 15 is 0 Å². The van der Waals surface area contributed by atoms with E-state index in [0.29, 0.717) is 17.2 Å². The Morgan fingerprint density at radius 1 is 1.38 bits per heavy atom. The first kappa shape index (κ1) is 15.4. The van der Waals surface area contributed by atoms with Gasteiger partial charge in [0.25, 0.3) is 10.0 Å². The van der Waals surface area contributed by atoms with E-state index in [-0.39, 0.29) is 5.03 Å². The summed E-state index contributed by atoms with van der Waals surface area (Å²) in [6, 6.07) is 6.75. The molecule has 0 spiro atoms. The molecule has 0 bridgehead atoms. The number of rotatable bonds is 5. The predicted molar refractivity (Wildman–Crippen MR) is 83.7 cm³/mol. The van der Waals surface area contributed by atoms with Crippen LogP contribution in [0.25, 0.3) is 0 Å². The van der Waals surface area contributed by atoms with Crippen molar-refractivity contribution in [3.63, 3.8) is 0 Å². The third-order valence-electron chi connectivity index (χ3n) is 3.28. The Bertz CT molecular complexity index is 737. The summed E-state index contributed by atoms with van der Waals surface area (Å²) in [6.45, 7) is 4.58. The third-order valence-corrected chi connectivity index (χ3v) is 4.93. The van der Waals surface area contributed by atoms with Crippen molar-refractivity contribution < 1.29 is 8.42 Å². The lowest BCUT2D eigenvalue weighted by atomic mass is 10.3. The third kappa shape index (κ3) is 3.02. The largest absolute Gasteiger partial charge is 0.399 e. The van der Waals surface area contributed by atoms with Crippen molar-refractivity contribution in [2.75, 3.05) is 17.1 Å². The zero-order valence-electron chi connectivity index (χ0n) is 12.4. The molecule has 0 saturated heterocycles. The first-order valence-corrected chi connectivity index (χ1v) is 8.18. The van der Waals surface area contributed by atoms with Crippen molar-refractivity contribution in [1.82, 2.24) is 9.55 Å². The Kier molecular flexibility index (Phi) is 4.22. The summed E-state index contributed by atoms with van der Waals surface area (Å²) in [7, 11) is -2.18. The van der Waals surface area contributed by atoms with Gasteiger partial charge in [0.2, 0.25) is 0 Å². The number of aromatic nitrogens is 2. The molecule has 0 radical (unpaired) electrons. The van der Waals surface area contributed by atoms with Crippen molar-refractivity contribution in [3.8, 4) is 0 Å². The standard InChI is InChI=1S/C14H20N4O2S/c1-4-8-18-10-14(16-11(18)2)21(19,20)17(3)13-7-5-6-12(15)9-13/h5-7,9-10H,4,8,15H2,1-3H3. The lowest BCUT2D eigenvalue weighted by Gasteiger charge is -2.18. The highest BCUT2D eigenvalue weighted by Gasteiger charge is 2.25. The van der Waals surface area contributed by atoms with Crippen LogP contribution in [0, 0.1) is 6.92 Å². The summed E-state index contributed by atoms with van der Waals surface area (Å²) in [5, 5.41) is 0.0541. The molecule has 6 nitrogen and oxygen atoms in total. The molecule has 2 N–H and O–H groups in total. The minimum absolute atomic E-state index is 0.0541. The number of aryl methyl sites for hydroxylation is 2. The maximum atomic E-state index is 12.6. The van der Waals surface area contributed by atoms with Gasteiger partial charge in [-0.1, -0.05) is 13.0 Å². The van der Waals surface area contributed by atoms with Crippen LogP contribution in [0.5, 0.6) is 0 Å². The van der Waals surface area contributed by atoms with Crippen LogP contribution in [-0.2, 0) is 16.6 Å². The topological polar surface area (TPSA) is 81.2 Å². The smallest absolute Gasteiger partial charge is 0.283 e. The second-order valence-electron chi connectivity index (χ2n) is 4.89. The van der Waals surface area contributed by atoms with Crippen LogP contribution in [0.2, 0.25) is 0 Å². The molecule has 2 aromatic rings. The molecule has 0 aliphatic carbocycles. The van der Waals surface area contributed by atoms with Crippen LogP contribution in [0.15, 0.2) is 35.5 Å². The molecule has 1 aromatic carbocycles. The fourth-order valence-electron chi connectivity index (χ4n) is 2.07. The molecule has 0 unspecified atom stereocenters. The second-order valence-corrected chi connectivity index (χ2v) is 6.80. The summed E-state index contributed by atoms with van der Waals surface area (Å²) in [6.07, 6.45) is 2.50. The van der Waals surface area contributed by atoms with E-state index in [4.69, 9.17) is 5.73 Å². The Hall–Kier alpha value is -2.02. The van der Waals surface area contributed by atoms with Gasteiger partial charge in [-0.3, -0.25) is 4.31 Å². The molecule has 1 aromatic heterocycles. The number of nitrogens with two attached hydrogens (primary N) is 1. The monoisotopic (exact) mass is 308 g/mol. The highest BCUT2D eigenvalue weighted by molar-refractivity contribution is 7.92. The molecule has 0 saturated carbocycles. The van der Waals surface area contributed by atoms with Gasteiger partial charge in [0.1, 0.15) is 5.82 Å². The van der Waals surface area contributed by atoms with Gasteiger partial charge < -0.3 is 10.3 Å². The number of nitrogen functional groups attached to an aromatic ring is 1. The van der Waals surface area contributed by atoms with E-state index in [2.05, 4.69) is 4.98 Å². The fraction of sp³-hybridized carbons (Fsp3) is 0.357. The molecule has 21 heavy (non-hydrogen) atoms. The molecule has 0 aliphatic heterocycles. The molecule has 1 heterocycles. The highest BCUT2D eigenvalue weighted by Crippen LogP contribution is 2.23. The van der Waals surface area contributed by atoms with E-state index in [9.17, 15) is 8.42 Å². The van der Waals surface area contributed by atoms with Gasteiger partial charge in [-0.05, 0) is 31.5 Å². The molecule has 0 amide bonds. The number of nitrogens with zero attached hydrogens (tertiary/aromatic N) is 3. The van der Waals surface area contributed by atoms with Gasteiger partial charge in [0.15, 0.2) is 5.03 Å². The van der Waals surface area contributed by atoms with Gasteiger partial charge in [-0.15, -0.1) is 0 Å². The zero-order valence-corrected chi connectivity index (χ0v) is 13.3. The Morgan fingerprint density at radius 2 is 2.10 bits per heavy atom. The summed E-state index contributed by atoms with van der Waals surface area (Å²) >= 11 is 0. The first-order valence-electron chi connectivity index (χ1n) is 6.74. The molecular formula is C14H20N4O2S. The fourth-order valence-corrected chi connectivity index (χ4v) is 3.25. The number of anilines is 2. The van der Waals surface area contributed by atoms with Crippen LogP contribution < -0.4 is 10.0 Å². The summed E-state index contributed by atoms with van der Waals surface area (Å²) < 4.78 is 28.3. The summed E-state index contributed by atoms with van der Waals surface area (Å²) in [5.41, 5.74) is 6.73. The summed E-state index contributed by atoms with van der Waals surface area (Å²) in [5.74, 6) is 0.691. The number of hydrogen-bond acceptors (Lipinski definition) is 4. The maximum Gasteiger partial charge on any atom is 0.283 e. The lowest BCUT2D eigenvalue weighted by Crippen LogP contribution is -2.27. The van der Waals surface area contributed by atoms with Gasteiger partial charge in [0.05, 0.1) is 5.69 Å². The van der Waals surface area contributed by atoms with E-state index < -0.39 is 10.0 Å². The molecule has 0 fully saturated rings. The van der Waals surface area contributed by atoms with E-state index in [1.165, 1.54) is 11.4 Å². The van der Waals surface area contributed by atoms with Crippen molar-refractivity contribution in [2.45, 2.75) is 31.8 Å². The highest BCUT2D eigenvalue weighted by atomic mass is 32.2. The first-order chi connectivity index (χ1) is 9.86. The average Bonchev–Trinajstić information content (AvgIpc) is 2.80. The molecular weight excluding hydrogens is 288 g/mol. The minimum Gasteiger partial charge on any atom is -0.399 e. The van der Waals surface area contributed by atoms with Crippen molar-refractivity contribution in [2.24, 2.45) is 0 Å². The number of hydrogen-bond donors (Lipinski definition) is 1. The molecule has 0 atom stereocenters. The summed E-state index contributed by atoms with van der Waals surface area (Å²) in [4.78, 5) is 4.17. The van der Waals surface area contributed by atoms with Crippen molar-refractivity contribution in [3.05, 3.63) is 36.3 Å². The van der Waals surface area contributed by atoms with Crippen LogP contribution in [0.4, 0.5) is 11.4 Å². The average molecular weight is 308 g/mol. The van der Waals surface area contributed by atoms with Crippen LogP contribution >= 0.6 is 0 Å². The predicted octanol–water partition coefficient (Wildman–Crippen LogP) is 2.01. The molecule has 2 rings (SSSR count). The maximum absolute atomic E-state index is 12.6. The molecule has 114 valence electrons. The quantitative estimate of drug-likeness (QED) is 0.857. The number of imidazole rings is 1. The SMILES string of the molecule is CCCn1cc(S(=O)(=O)N(C)c2cccc(N)c2)nc1C. The Morgan fingerprint density at radius 3 is 2.71 bits per heavy atom. The second kappa shape index (κ2) is 5.77. The van der Waals surface area contributed by atoms with Crippen molar-refractivity contribution in [1.29, 1.82) is 0 Å². The van der Waals surface area contributed by atoms with Crippen LogP contribution in [0.1, 0.15) is 19.2 Å². The molecule has 7 heteroatoms. The van der Waals surface area contributed by atoms with Crippen LogP contribution in [0.3, 0.4) is 0 Å². The van der Waals surface area contributed by atoms with Gasteiger partial charge in [-0.2, -0.15) is 8.42 Å². The Labute approximate surface area is 125 Å².